The molecule has 1 aromatic rings. The largest absolute Gasteiger partial charge is 0.351 e. The van der Waals surface area contributed by atoms with Gasteiger partial charge in [-0.3, -0.25) is 9.48 Å². The Balaban J connectivity index is 2.53. The van der Waals surface area contributed by atoms with Crippen molar-refractivity contribution in [1.82, 2.24) is 15.1 Å². The summed E-state index contributed by atoms with van der Waals surface area (Å²) in [6.07, 6.45) is 3.97. The number of hydrogen-bond donors (Lipinski definition) is 1. The summed E-state index contributed by atoms with van der Waals surface area (Å²) in [5.41, 5.74) is 1.56. The summed E-state index contributed by atoms with van der Waals surface area (Å²) < 4.78 is 1.67. The molecule has 0 aliphatic carbocycles. The van der Waals surface area contributed by atoms with Crippen LogP contribution in [0.15, 0.2) is 6.20 Å². The molecule has 1 aromatic heterocycles. The number of aryl methyl sites for hydroxylation is 2. The maximum atomic E-state index is 12.0. The van der Waals surface area contributed by atoms with E-state index in [0.29, 0.717) is 12.1 Å². The van der Waals surface area contributed by atoms with Crippen LogP contribution >= 0.6 is 15.9 Å². The average molecular weight is 316 g/mol. The Morgan fingerprint density at radius 2 is 2.22 bits per heavy atom. The lowest BCUT2D eigenvalue weighted by atomic mass is 9.88. The molecule has 0 saturated heterocycles. The Bertz CT molecular complexity index is 412. The number of carbonyl (C=O) groups is 1. The first-order valence-electron chi connectivity index (χ1n) is 6.20. The standard InChI is InChI=1S/C13H22BrN3O/c1-10-11(8-17(4)16-10)12(18)15-9-13(2,3)6-5-7-14/h8H,5-7,9H2,1-4H3,(H,15,18). The van der Waals surface area contributed by atoms with Crippen LogP contribution in [-0.4, -0.2) is 27.6 Å². The highest BCUT2D eigenvalue weighted by molar-refractivity contribution is 9.09. The molecule has 5 heteroatoms. The van der Waals surface area contributed by atoms with Crippen LogP contribution < -0.4 is 5.32 Å². The van der Waals surface area contributed by atoms with Crippen molar-refractivity contribution >= 4 is 21.8 Å². The summed E-state index contributed by atoms with van der Waals surface area (Å²) in [7, 11) is 1.82. The highest BCUT2D eigenvalue weighted by Crippen LogP contribution is 2.21. The summed E-state index contributed by atoms with van der Waals surface area (Å²) in [5.74, 6) is -0.0347. The number of amides is 1. The van der Waals surface area contributed by atoms with Gasteiger partial charge in [0.15, 0.2) is 0 Å². The van der Waals surface area contributed by atoms with Crippen molar-refractivity contribution in [3.63, 3.8) is 0 Å². The second-order valence-electron chi connectivity index (χ2n) is 5.44. The SMILES string of the molecule is Cc1nn(C)cc1C(=O)NCC(C)(C)CCCBr. The van der Waals surface area contributed by atoms with Crippen molar-refractivity contribution in [2.24, 2.45) is 12.5 Å². The quantitative estimate of drug-likeness (QED) is 0.820. The molecule has 102 valence electrons. The van der Waals surface area contributed by atoms with Crippen molar-refractivity contribution in [2.75, 3.05) is 11.9 Å². The van der Waals surface area contributed by atoms with Gasteiger partial charge in [0.05, 0.1) is 11.3 Å². The van der Waals surface area contributed by atoms with Crippen LogP contribution in [-0.2, 0) is 7.05 Å². The van der Waals surface area contributed by atoms with E-state index in [4.69, 9.17) is 0 Å². The zero-order valence-electron chi connectivity index (χ0n) is 11.6. The van der Waals surface area contributed by atoms with Gasteiger partial charge in [0.25, 0.3) is 5.91 Å². The molecule has 1 heterocycles. The summed E-state index contributed by atoms with van der Waals surface area (Å²) >= 11 is 3.43. The number of nitrogens with zero attached hydrogens (tertiary/aromatic N) is 2. The van der Waals surface area contributed by atoms with E-state index < -0.39 is 0 Å². The number of nitrogens with one attached hydrogen (secondary N) is 1. The monoisotopic (exact) mass is 315 g/mol. The van der Waals surface area contributed by atoms with Crippen molar-refractivity contribution in [1.29, 1.82) is 0 Å². The van der Waals surface area contributed by atoms with Crippen molar-refractivity contribution in [3.8, 4) is 0 Å². The van der Waals surface area contributed by atoms with E-state index in [1.54, 1.807) is 10.9 Å². The Morgan fingerprint density at radius 3 is 2.72 bits per heavy atom. The molecular formula is C13H22BrN3O. The number of alkyl halides is 1. The lowest BCUT2D eigenvalue weighted by Crippen LogP contribution is -2.34. The van der Waals surface area contributed by atoms with E-state index in [1.807, 2.05) is 14.0 Å². The third-order valence-electron chi connectivity index (χ3n) is 2.97. The van der Waals surface area contributed by atoms with Gasteiger partial charge in [-0.15, -0.1) is 0 Å². The second-order valence-corrected chi connectivity index (χ2v) is 6.23. The molecule has 0 atom stereocenters. The normalized spacial score (nSPS) is 11.6. The number of rotatable bonds is 6. The van der Waals surface area contributed by atoms with Crippen LogP contribution in [0.2, 0.25) is 0 Å². The first-order valence-corrected chi connectivity index (χ1v) is 7.32. The predicted molar refractivity (Wildman–Crippen MR) is 77.1 cm³/mol. The third kappa shape index (κ3) is 4.44. The van der Waals surface area contributed by atoms with E-state index in [1.165, 1.54) is 0 Å². The fourth-order valence-corrected chi connectivity index (χ4v) is 2.15. The lowest BCUT2D eigenvalue weighted by Gasteiger charge is -2.24. The minimum atomic E-state index is -0.0347. The van der Waals surface area contributed by atoms with Gasteiger partial charge in [-0.2, -0.15) is 5.10 Å². The minimum absolute atomic E-state index is 0.0347. The van der Waals surface area contributed by atoms with Gasteiger partial charge in [0.2, 0.25) is 0 Å². The summed E-state index contributed by atoms with van der Waals surface area (Å²) in [6, 6.07) is 0. The molecule has 4 nitrogen and oxygen atoms in total. The molecule has 0 bridgehead atoms. The number of carbonyl (C=O) groups excluding carboxylic acids is 1. The molecule has 0 aliphatic heterocycles. The van der Waals surface area contributed by atoms with Crippen LogP contribution in [0.4, 0.5) is 0 Å². The maximum absolute atomic E-state index is 12.0. The van der Waals surface area contributed by atoms with Gasteiger partial charge in [-0.1, -0.05) is 29.8 Å². The molecule has 0 radical (unpaired) electrons. The summed E-state index contributed by atoms with van der Waals surface area (Å²) in [5, 5.41) is 8.18. The molecule has 1 amide bonds. The van der Waals surface area contributed by atoms with Crippen LogP contribution in [0.25, 0.3) is 0 Å². The Morgan fingerprint density at radius 1 is 1.56 bits per heavy atom. The number of aromatic nitrogens is 2. The summed E-state index contributed by atoms with van der Waals surface area (Å²) in [6.45, 7) is 6.89. The third-order valence-corrected chi connectivity index (χ3v) is 3.53. The molecule has 1 N–H and O–H groups in total. The molecule has 1 rings (SSSR count). The zero-order valence-corrected chi connectivity index (χ0v) is 13.2. The molecule has 0 fully saturated rings. The highest BCUT2D eigenvalue weighted by Gasteiger charge is 2.20. The lowest BCUT2D eigenvalue weighted by molar-refractivity contribution is 0.0934. The fourth-order valence-electron chi connectivity index (χ4n) is 1.87. The topological polar surface area (TPSA) is 46.9 Å². The molecular weight excluding hydrogens is 294 g/mol. The van der Waals surface area contributed by atoms with E-state index in [2.05, 4.69) is 40.2 Å². The number of hydrogen-bond acceptors (Lipinski definition) is 2. The van der Waals surface area contributed by atoms with Crippen LogP contribution in [0.3, 0.4) is 0 Å². The predicted octanol–water partition coefficient (Wildman–Crippen LogP) is 2.66. The zero-order chi connectivity index (χ0) is 13.8. The van der Waals surface area contributed by atoms with Crippen molar-refractivity contribution in [3.05, 3.63) is 17.5 Å². The van der Waals surface area contributed by atoms with Gasteiger partial charge in [0, 0.05) is 25.1 Å². The minimum Gasteiger partial charge on any atom is -0.351 e. The summed E-state index contributed by atoms with van der Waals surface area (Å²) in [4.78, 5) is 12.0. The Hall–Kier alpha value is -0.840. The van der Waals surface area contributed by atoms with Crippen LogP contribution in [0.5, 0.6) is 0 Å². The maximum Gasteiger partial charge on any atom is 0.254 e. The molecule has 0 saturated carbocycles. The highest BCUT2D eigenvalue weighted by atomic mass is 79.9. The smallest absolute Gasteiger partial charge is 0.254 e. The first-order chi connectivity index (χ1) is 8.35. The van der Waals surface area contributed by atoms with E-state index in [-0.39, 0.29) is 11.3 Å². The molecule has 0 aliphatic rings. The van der Waals surface area contributed by atoms with Gasteiger partial charge < -0.3 is 5.32 Å². The van der Waals surface area contributed by atoms with Crippen molar-refractivity contribution in [2.45, 2.75) is 33.6 Å². The fraction of sp³-hybridized carbons (Fsp3) is 0.692. The molecule has 0 spiro atoms. The Labute approximate surface area is 117 Å². The van der Waals surface area contributed by atoms with Gasteiger partial charge in [0.1, 0.15) is 0 Å². The number of halogens is 1. The van der Waals surface area contributed by atoms with Gasteiger partial charge in [-0.25, -0.2) is 0 Å². The van der Waals surface area contributed by atoms with Crippen LogP contribution in [0.1, 0.15) is 42.7 Å². The van der Waals surface area contributed by atoms with E-state index in [0.717, 1.165) is 23.9 Å². The molecule has 18 heavy (non-hydrogen) atoms. The molecule has 0 aromatic carbocycles. The second kappa shape index (κ2) is 6.36. The van der Waals surface area contributed by atoms with E-state index >= 15 is 0 Å². The van der Waals surface area contributed by atoms with E-state index in [9.17, 15) is 4.79 Å². The van der Waals surface area contributed by atoms with Gasteiger partial charge >= 0.3 is 0 Å². The average Bonchev–Trinajstić information content (AvgIpc) is 2.63. The molecule has 0 unspecified atom stereocenters. The van der Waals surface area contributed by atoms with Crippen LogP contribution in [0, 0.1) is 12.3 Å². The van der Waals surface area contributed by atoms with Crippen molar-refractivity contribution < 1.29 is 4.79 Å². The first kappa shape index (κ1) is 15.2. The van der Waals surface area contributed by atoms with Gasteiger partial charge in [-0.05, 0) is 25.2 Å². The Kier molecular flexibility index (Phi) is 5.38.